The molecule has 1 aromatic heterocycles. The second-order valence-corrected chi connectivity index (χ2v) is 4.08. The number of fused-ring (bicyclic) bond motifs is 1. The third-order valence-corrected chi connectivity index (χ3v) is 2.82. The van der Waals surface area contributed by atoms with E-state index >= 15 is 0 Å². The Labute approximate surface area is 122 Å². The van der Waals surface area contributed by atoms with Crippen molar-refractivity contribution in [2.24, 2.45) is 5.73 Å². The number of aromatic amines is 1. The number of aromatic nitrogens is 1. The molecular formula is C13H17ClN4O2. The van der Waals surface area contributed by atoms with Crippen LogP contribution in [0.3, 0.4) is 0 Å². The lowest BCUT2D eigenvalue weighted by molar-refractivity contribution is 0.0864. The van der Waals surface area contributed by atoms with Gasteiger partial charge in [0.25, 0.3) is 5.91 Å². The molecule has 4 N–H and O–H groups in total. The number of rotatable bonds is 3. The lowest BCUT2D eigenvalue weighted by Crippen LogP contribution is -2.38. The van der Waals surface area contributed by atoms with E-state index in [0.717, 1.165) is 21.6 Å². The molecule has 0 aliphatic heterocycles. The summed E-state index contributed by atoms with van der Waals surface area (Å²) in [4.78, 5) is 16.1. The Morgan fingerprint density at radius 1 is 1.50 bits per heavy atom. The van der Waals surface area contributed by atoms with E-state index in [1.807, 2.05) is 25.1 Å². The fourth-order valence-corrected chi connectivity index (χ4v) is 1.81. The van der Waals surface area contributed by atoms with E-state index < -0.39 is 0 Å². The summed E-state index contributed by atoms with van der Waals surface area (Å²) < 4.78 is 5.51. The van der Waals surface area contributed by atoms with Crippen molar-refractivity contribution >= 4 is 35.2 Å². The van der Waals surface area contributed by atoms with Crippen LogP contribution in [-0.4, -0.2) is 35.4 Å². The summed E-state index contributed by atoms with van der Waals surface area (Å²) in [5, 5.41) is 8.10. The predicted octanol–water partition coefficient (Wildman–Crippen LogP) is 1.95. The lowest BCUT2D eigenvalue weighted by Gasteiger charge is -2.12. The molecule has 0 aliphatic rings. The molecule has 0 bridgehead atoms. The molecule has 0 atom stereocenters. The Balaban J connectivity index is 0.00000200. The number of hydrogen-bond acceptors (Lipinski definition) is 3. The molecule has 1 amide bonds. The Morgan fingerprint density at radius 2 is 2.20 bits per heavy atom. The van der Waals surface area contributed by atoms with Crippen molar-refractivity contribution in [2.45, 2.75) is 6.92 Å². The summed E-state index contributed by atoms with van der Waals surface area (Å²) in [5.41, 5.74) is 6.48. The Hall–Kier alpha value is -2.21. The van der Waals surface area contributed by atoms with E-state index in [1.165, 1.54) is 7.05 Å². The van der Waals surface area contributed by atoms with Gasteiger partial charge in [0.05, 0.1) is 6.61 Å². The molecule has 6 nitrogen and oxygen atoms in total. The van der Waals surface area contributed by atoms with Crippen molar-refractivity contribution in [1.29, 1.82) is 5.41 Å². The zero-order valence-electron chi connectivity index (χ0n) is 11.3. The van der Waals surface area contributed by atoms with Gasteiger partial charge in [-0.25, -0.2) is 0 Å². The number of amides is 1. The van der Waals surface area contributed by atoms with E-state index in [4.69, 9.17) is 15.9 Å². The van der Waals surface area contributed by atoms with Crippen molar-refractivity contribution in [3.63, 3.8) is 0 Å². The van der Waals surface area contributed by atoms with Gasteiger partial charge < -0.3 is 15.5 Å². The molecule has 0 saturated heterocycles. The third-order valence-electron chi connectivity index (χ3n) is 2.82. The molecule has 0 spiro atoms. The van der Waals surface area contributed by atoms with Crippen LogP contribution < -0.4 is 10.5 Å². The van der Waals surface area contributed by atoms with Gasteiger partial charge in [0.2, 0.25) is 0 Å². The summed E-state index contributed by atoms with van der Waals surface area (Å²) in [5.74, 6) is 0.0700. The molecule has 0 fully saturated rings. The minimum absolute atomic E-state index is 0. The molecule has 1 aromatic carbocycles. The van der Waals surface area contributed by atoms with Gasteiger partial charge in [-0.1, -0.05) is 6.07 Å². The Bertz CT molecular complexity index is 638. The van der Waals surface area contributed by atoms with Crippen LogP contribution in [0.1, 0.15) is 17.4 Å². The molecule has 2 aromatic rings. The van der Waals surface area contributed by atoms with Crippen LogP contribution in [0.25, 0.3) is 10.9 Å². The number of guanidine groups is 1. The summed E-state index contributed by atoms with van der Waals surface area (Å²) in [6.07, 6.45) is 0. The number of carbonyl (C=O) groups is 1. The minimum Gasteiger partial charge on any atom is -0.493 e. The predicted molar refractivity (Wildman–Crippen MR) is 80.7 cm³/mol. The number of benzene rings is 1. The monoisotopic (exact) mass is 296 g/mol. The number of H-pyrrole nitrogens is 1. The summed E-state index contributed by atoms with van der Waals surface area (Å²) in [6.45, 7) is 2.46. The lowest BCUT2D eigenvalue weighted by atomic mass is 10.2. The largest absolute Gasteiger partial charge is 0.493 e. The van der Waals surface area contributed by atoms with Gasteiger partial charge >= 0.3 is 0 Å². The molecule has 7 heteroatoms. The van der Waals surface area contributed by atoms with Gasteiger partial charge in [0.1, 0.15) is 11.4 Å². The Kier molecular flexibility index (Phi) is 4.99. The number of nitrogens with zero attached hydrogens (tertiary/aromatic N) is 1. The maximum Gasteiger partial charge on any atom is 0.276 e. The molecule has 0 unspecified atom stereocenters. The number of halogens is 1. The molecule has 1 heterocycles. The van der Waals surface area contributed by atoms with Gasteiger partial charge in [-0.05, 0) is 25.1 Å². The van der Waals surface area contributed by atoms with Crippen molar-refractivity contribution in [2.75, 3.05) is 13.7 Å². The highest BCUT2D eigenvalue weighted by Gasteiger charge is 2.17. The molecule has 108 valence electrons. The van der Waals surface area contributed by atoms with Crippen LogP contribution in [0.15, 0.2) is 24.3 Å². The second kappa shape index (κ2) is 6.29. The fourth-order valence-electron chi connectivity index (χ4n) is 1.81. The van der Waals surface area contributed by atoms with Gasteiger partial charge in [-0.2, -0.15) is 0 Å². The number of nitrogens with one attached hydrogen (secondary N) is 2. The van der Waals surface area contributed by atoms with Crippen LogP contribution in [0, 0.1) is 5.41 Å². The average molecular weight is 297 g/mol. The quantitative estimate of drug-likeness (QED) is 0.597. The first-order chi connectivity index (χ1) is 9.04. The number of ether oxygens (including phenoxy) is 1. The van der Waals surface area contributed by atoms with Crippen LogP contribution in [0.2, 0.25) is 0 Å². The number of nitrogens with two attached hydrogens (primary N) is 1. The van der Waals surface area contributed by atoms with Crippen molar-refractivity contribution in [3.05, 3.63) is 30.0 Å². The van der Waals surface area contributed by atoms with Crippen molar-refractivity contribution in [3.8, 4) is 5.75 Å². The van der Waals surface area contributed by atoms with Crippen LogP contribution in [-0.2, 0) is 0 Å². The number of hydrogen-bond donors (Lipinski definition) is 3. The van der Waals surface area contributed by atoms with E-state index in [0.29, 0.717) is 12.3 Å². The molecule has 0 saturated carbocycles. The summed E-state index contributed by atoms with van der Waals surface area (Å²) in [6, 6.07) is 7.28. The second-order valence-electron chi connectivity index (χ2n) is 4.08. The molecule has 20 heavy (non-hydrogen) atoms. The highest BCUT2D eigenvalue weighted by molar-refractivity contribution is 6.06. The average Bonchev–Trinajstić information content (AvgIpc) is 2.82. The third kappa shape index (κ3) is 2.85. The first-order valence-electron chi connectivity index (χ1n) is 5.91. The zero-order valence-corrected chi connectivity index (χ0v) is 12.1. The van der Waals surface area contributed by atoms with E-state index in [9.17, 15) is 4.79 Å². The molecule has 0 radical (unpaired) electrons. The smallest absolute Gasteiger partial charge is 0.276 e. The van der Waals surface area contributed by atoms with E-state index in [2.05, 4.69) is 4.98 Å². The minimum atomic E-state index is -0.355. The van der Waals surface area contributed by atoms with Crippen LogP contribution >= 0.6 is 12.4 Å². The van der Waals surface area contributed by atoms with Gasteiger partial charge in [0, 0.05) is 18.0 Å². The molecule has 2 rings (SSSR count). The van der Waals surface area contributed by atoms with Gasteiger partial charge in [0.15, 0.2) is 5.96 Å². The van der Waals surface area contributed by atoms with Crippen LogP contribution in [0.5, 0.6) is 5.75 Å². The first-order valence-corrected chi connectivity index (χ1v) is 5.91. The van der Waals surface area contributed by atoms with Gasteiger partial charge in [-0.15, -0.1) is 12.4 Å². The standard InChI is InChI=1S/C13H16N4O2.ClH/c1-3-19-11-6-4-5-9-8(11)7-10(16-9)12(18)17(2)13(14)15;/h4-7,16H,3H2,1-2H3,(H3,14,15);1H. The van der Waals surface area contributed by atoms with E-state index in [1.54, 1.807) is 6.07 Å². The number of carbonyl (C=O) groups excluding carboxylic acids is 1. The SMILES string of the molecule is CCOc1cccc2[nH]c(C(=O)N(C)C(=N)N)cc12.Cl. The first kappa shape index (κ1) is 15.8. The zero-order chi connectivity index (χ0) is 14.0. The summed E-state index contributed by atoms with van der Waals surface area (Å²) >= 11 is 0. The topological polar surface area (TPSA) is 95.2 Å². The van der Waals surface area contributed by atoms with Gasteiger partial charge in [-0.3, -0.25) is 15.1 Å². The van der Waals surface area contributed by atoms with Crippen molar-refractivity contribution < 1.29 is 9.53 Å². The van der Waals surface area contributed by atoms with Crippen LogP contribution in [0.4, 0.5) is 0 Å². The summed E-state index contributed by atoms with van der Waals surface area (Å²) in [7, 11) is 1.46. The molecular weight excluding hydrogens is 280 g/mol. The molecule has 0 aliphatic carbocycles. The highest BCUT2D eigenvalue weighted by atomic mass is 35.5. The van der Waals surface area contributed by atoms with E-state index in [-0.39, 0.29) is 24.3 Å². The maximum absolute atomic E-state index is 12.1. The van der Waals surface area contributed by atoms with Crippen molar-refractivity contribution in [1.82, 2.24) is 9.88 Å². The Morgan fingerprint density at radius 3 is 2.80 bits per heavy atom. The highest BCUT2D eigenvalue weighted by Crippen LogP contribution is 2.26. The fraction of sp³-hybridized carbons (Fsp3) is 0.231. The maximum atomic E-state index is 12.1. The normalized spacial score (nSPS) is 9.90.